The van der Waals surface area contributed by atoms with Crippen LogP contribution in [-0.2, 0) is 0 Å². The number of aromatic amines is 1. The number of anilines is 1. The van der Waals surface area contributed by atoms with Crippen LogP contribution in [0.3, 0.4) is 0 Å². The zero-order chi connectivity index (χ0) is 17.8. The summed E-state index contributed by atoms with van der Waals surface area (Å²) in [6.45, 7) is 0. The molecule has 3 aromatic rings. The van der Waals surface area contributed by atoms with Crippen LogP contribution in [0.15, 0.2) is 48.5 Å². The molecule has 0 unspecified atom stereocenters. The van der Waals surface area contributed by atoms with Gasteiger partial charge in [-0.2, -0.15) is 5.10 Å². The van der Waals surface area contributed by atoms with E-state index in [9.17, 15) is 4.79 Å². The second kappa shape index (κ2) is 7.56. The Bertz CT molecular complexity index is 891. The molecule has 0 bridgehead atoms. The van der Waals surface area contributed by atoms with Crippen molar-refractivity contribution in [3.63, 3.8) is 0 Å². The Labute approximate surface area is 158 Å². The quantitative estimate of drug-likeness (QED) is 0.579. The number of rotatable bonds is 5. The predicted octanol–water partition coefficient (Wildman–Crippen LogP) is 3.95. The first-order chi connectivity index (χ1) is 12.1. The molecule has 0 atom stereocenters. The number of hydrogen-bond acceptors (Lipinski definition) is 4. The van der Waals surface area contributed by atoms with E-state index in [-0.39, 0.29) is 5.91 Å². The van der Waals surface area contributed by atoms with Crippen molar-refractivity contribution in [1.82, 2.24) is 10.2 Å². The molecule has 2 aromatic carbocycles. The molecule has 0 spiro atoms. The van der Waals surface area contributed by atoms with E-state index in [1.807, 2.05) is 36.4 Å². The van der Waals surface area contributed by atoms with E-state index in [1.165, 1.54) is 0 Å². The van der Waals surface area contributed by atoms with Gasteiger partial charge in [-0.15, -0.1) is 0 Å². The number of halogens is 1. The van der Waals surface area contributed by atoms with Crippen LogP contribution in [-0.4, -0.2) is 30.3 Å². The third-order valence-corrected chi connectivity index (χ3v) is 4.33. The highest BCUT2D eigenvalue weighted by molar-refractivity contribution is 14.1. The van der Waals surface area contributed by atoms with Crippen molar-refractivity contribution >= 4 is 34.2 Å². The largest absolute Gasteiger partial charge is 0.497 e. The summed E-state index contributed by atoms with van der Waals surface area (Å²) in [6.07, 6.45) is 0. The third kappa shape index (κ3) is 3.93. The highest BCUT2D eigenvalue weighted by atomic mass is 127. The maximum Gasteiger partial charge on any atom is 0.273 e. The van der Waals surface area contributed by atoms with Crippen molar-refractivity contribution < 1.29 is 14.3 Å². The van der Waals surface area contributed by atoms with Gasteiger partial charge in [0.25, 0.3) is 5.91 Å². The molecule has 3 rings (SSSR count). The predicted molar refractivity (Wildman–Crippen MR) is 104 cm³/mol. The molecule has 0 saturated heterocycles. The molecule has 0 aliphatic rings. The Morgan fingerprint density at radius 2 is 1.84 bits per heavy atom. The summed E-state index contributed by atoms with van der Waals surface area (Å²) in [5.74, 6) is 1.05. The summed E-state index contributed by atoms with van der Waals surface area (Å²) in [4.78, 5) is 12.4. The monoisotopic (exact) mass is 449 g/mol. The number of carbonyl (C=O) groups excluding carboxylic acids is 1. The molecule has 1 heterocycles. The van der Waals surface area contributed by atoms with Crippen molar-refractivity contribution in [2.24, 2.45) is 0 Å². The van der Waals surface area contributed by atoms with E-state index >= 15 is 0 Å². The van der Waals surface area contributed by atoms with Crippen LogP contribution in [0.2, 0.25) is 0 Å². The lowest BCUT2D eigenvalue weighted by molar-refractivity contribution is 0.102. The van der Waals surface area contributed by atoms with Crippen molar-refractivity contribution in [3.8, 4) is 22.8 Å². The van der Waals surface area contributed by atoms with Gasteiger partial charge in [0.1, 0.15) is 17.2 Å². The Morgan fingerprint density at radius 3 is 2.52 bits per heavy atom. The normalized spacial score (nSPS) is 10.4. The summed E-state index contributed by atoms with van der Waals surface area (Å²) >= 11 is 2.21. The number of hydrogen-bond donors (Lipinski definition) is 2. The highest BCUT2D eigenvalue weighted by Gasteiger charge is 2.14. The second-order valence-corrected chi connectivity index (χ2v) is 6.44. The minimum absolute atomic E-state index is 0.257. The van der Waals surface area contributed by atoms with Crippen LogP contribution < -0.4 is 14.8 Å². The first kappa shape index (κ1) is 17.3. The molecular formula is C18H16IN3O3. The van der Waals surface area contributed by atoms with Crippen LogP contribution >= 0.6 is 22.6 Å². The lowest BCUT2D eigenvalue weighted by Crippen LogP contribution is -2.12. The van der Waals surface area contributed by atoms with Crippen LogP contribution in [0.1, 0.15) is 10.5 Å². The summed E-state index contributed by atoms with van der Waals surface area (Å²) in [7, 11) is 3.17. The van der Waals surface area contributed by atoms with Gasteiger partial charge in [-0.3, -0.25) is 9.89 Å². The summed E-state index contributed by atoms with van der Waals surface area (Å²) in [5.41, 5.74) is 2.48. The van der Waals surface area contributed by atoms with Crippen molar-refractivity contribution in [3.05, 3.63) is 57.8 Å². The number of aromatic nitrogens is 2. The first-order valence-corrected chi connectivity index (χ1v) is 8.53. The van der Waals surface area contributed by atoms with Gasteiger partial charge in [0.05, 0.1) is 19.9 Å². The lowest BCUT2D eigenvalue weighted by Gasteiger charge is -2.08. The van der Waals surface area contributed by atoms with E-state index in [4.69, 9.17) is 9.47 Å². The Kier molecular flexibility index (Phi) is 5.22. The Morgan fingerprint density at radius 1 is 1.08 bits per heavy atom. The zero-order valence-electron chi connectivity index (χ0n) is 13.7. The molecule has 2 N–H and O–H groups in total. The van der Waals surface area contributed by atoms with E-state index < -0.39 is 0 Å². The molecule has 128 valence electrons. The fourth-order valence-corrected chi connectivity index (χ4v) is 2.68. The number of benzene rings is 2. The number of nitrogens with one attached hydrogen (secondary N) is 2. The molecule has 0 radical (unpaired) electrons. The van der Waals surface area contributed by atoms with Gasteiger partial charge in [-0.1, -0.05) is 0 Å². The van der Waals surface area contributed by atoms with Crippen LogP contribution in [0.5, 0.6) is 11.5 Å². The standard InChI is InChI=1S/C18H16IN3O3/c1-24-13-7-8-14(17(9-13)25-2)15-10-16(22-21-15)18(23)20-12-5-3-11(19)4-6-12/h3-10H,1-2H3,(H,20,23)(H,21,22). The number of carbonyl (C=O) groups is 1. The number of ether oxygens (including phenoxy) is 2. The van der Waals surface area contributed by atoms with Crippen LogP contribution in [0, 0.1) is 3.57 Å². The molecule has 0 aliphatic heterocycles. The number of methoxy groups -OCH3 is 2. The summed E-state index contributed by atoms with van der Waals surface area (Å²) in [5, 5.41) is 9.82. The zero-order valence-corrected chi connectivity index (χ0v) is 15.8. The minimum atomic E-state index is -0.257. The molecule has 7 heteroatoms. The first-order valence-electron chi connectivity index (χ1n) is 7.45. The molecule has 0 saturated carbocycles. The van der Waals surface area contributed by atoms with Gasteiger partial charge in [-0.05, 0) is 65.1 Å². The Balaban J connectivity index is 1.82. The van der Waals surface area contributed by atoms with Gasteiger partial charge in [-0.25, -0.2) is 0 Å². The average Bonchev–Trinajstić information content (AvgIpc) is 3.13. The van der Waals surface area contributed by atoms with Gasteiger partial charge >= 0.3 is 0 Å². The average molecular weight is 449 g/mol. The van der Waals surface area contributed by atoms with Gasteiger partial charge in [0.15, 0.2) is 0 Å². The fourth-order valence-electron chi connectivity index (χ4n) is 2.32. The summed E-state index contributed by atoms with van der Waals surface area (Å²) in [6, 6.07) is 14.7. The molecule has 25 heavy (non-hydrogen) atoms. The molecule has 6 nitrogen and oxygen atoms in total. The SMILES string of the molecule is COc1ccc(-c2cc(C(=O)Nc3ccc(I)cc3)[nH]n2)c(OC)c1. The molecule has 0 fully saturated rings. The summed E-state index contributed by atoms with van der Waals surface area (Å²) < 4.78 is 11.7. The van der Waals surface area contributed by atoms with Crippen LogP contribution in [0.25, 0.3) is 11.3 Å². The minimum Gasteiger partial charge on any atom is -0.497 e. The van der Waals surface area contributed by atoms with Crippen molar-refractivity contribution in [2.75, 3.05) is 19.5 Å². The molecular weight excluding hydrogens is 433 g/mol. The second-order valence-electron chi connectivity index (χ2n) is 5.19. The molecule has 1 aromatic heterocycles. The molecule has 0 aliphatic carbocycles. The smallest absolute Gasteiger partial charge is 0.273 e. The Hall–Kier alpha value is -2.55. The topological polar surface area (TPSA) is 76.2 Å². The van der Waals surface area contributed by atoms with Gasteiger partial charge < -0.3 is 14.8 Å². The van der Waals surface area contributed by atoms with Crippen molar-refractivity contribution in [2.45, 2.75) is 0 Å². The molecule has 1 amide bonds. The van der Waals surface area contributed by atoms with Gasteiger partial charge in [0.2, 0.25) is 0 Å². The number of nitrogens with zero attached hydrogens (tertiary/aromatic N) is 1. The number of amides is 1. The lowest BCUT2D eigenvalue weighted by atomic mass is 10.1. The third-order valence-electron chi connectivity index (χ3n) is 3.61. The van der Waals surface area contributed by atoms with Gasteiger partial charge in [0, 0.05) is 20.9 Å². The highest BCUT2D eigenvalue weighted by Crippen LogP contribution is 2.32. The van der Waals surface area contributed by atoms with Crippen LogP contribution in [0.4, 0.5) is 5.69 Å². The van der Waals surface area contributed by atoms with E-state index in [0.29, 0.717) is 22.9 Å². The maximum absolute atomic E-state index is 12.4. The van der Waals surface area contributed by atoms with E-state index in [2.05, 4.69) is 38.1 Å². The van der Waals surface area contributed by atoms with Crippen molar-refractivity contribution in [1.29, 1.82) is 0 Å². The van der Waals surface area contributed by atoms with E-state index in [1.54, 1.807) is 26.4 Å². The number of H-pyrrole nitrogens is 1. The van der Waals surface area contributed by atoms with E-state index in [0.717, 1.165) is 14.8 Å². The fraction of sp³-hybridized carbons (Fsp3) is 0.111. The maximum atomic E-state index is 12.4.